The number of hydrogen-bond donors (Lipinski definition) is 1. The maximum absolute atomic E-state index is 12.3. The summed E-state index contributed by atoms with van der Waals surface area (Å²) in [4.78, 5) is 12.3. The first-order valence-electron chi connectivity index (χ1n) is 6.75. The molecule has 0 aliphatic heterocycles. The number of anilines is 1. The van der Waals surface area contributed by atoms with E-state index in [9.17, 15) is 10.1 Å². The van der Waals surface area contributed by atoms with Gasteiger partial charge in [0, 0.05) is 9.26 Å². The predicted octanol–water partition coefficient (Wildman–Crippen LogP) is 4.45. The molecule has 0 aliphatic carbocycles. The highest BCUT2D eigenvalue weighted by atomic mass is 127. The molecule has 0 atom stereocenters. The SMILES string of the molecule is Cc1cc(C)cc(NC(=O)/C(C#N)=C/c2ccccc2I)c1. The summed E-state index contributed by atoms with van der Waals surface area (Å²) in [6.07, 6.45) is 1.61. The van der Waals surface area contributed by atoms with Crippen LogP contribution in [-0.2, 0) is 4.79 Å². The van der Waals surface area contributed by atoms with Crippen LogP contribution < -0.4 is 5.32 Å². The van der Waals surface area contributed by atoms with Gasteiger partial charge in [0.15, 0.2) is 0 Å². The summed E-state index contributed by atoms with van der Waals surface area (Å²) in [6, 6.07) is 15.4. The van der Waals surface area contributed by atoms with Crippen LogP contribution in [0.1, 0.15) is 16.7 Å². The van der Waals surface area contributed by atoms with Crippen molar-refractivity contribution in [2.24, 2.45) is 0 Å². The number of hydrogen-bond acceptors (Lipinski definition) is 2. The Labute approximate surface area is 143 Å². The Balaban J connectivity index is 2.26. The Morgan fingerprint density at radius 2 is 1.82 bits per heavy atom. The average molecular weight is 402 g/mol. The molecule has 1 amide bonds. The topological polar surface area (TPSA) is 52.9 Å². The Morgan fingerprint density at radius 1 is 1.18 bits per heavy atom. The van der Waals surface area contributed by atoms with Crippen molar-refractivity contribution < 1.29 is 4.79 Å². The van der Waals surface area contributed by atoms with E-state index in [0.717, 1.165) is 20.3 Å². The molecule has 0 heterocycles. The number of amides is 1. The van der Waals surface area contributed by atoms with Crippen molar-refractivity contribution in [3.05, 3.63) is 68.3 Å². The molecule has 0 spiro atoms. The first-order chi connectivity index (χ1) is 10.5. The van der Waals surface area contributed by atoms with Crippen LogP contribution in [0.2, 0.25) is 0 Å². The van der Waals surface area contributed by atoms with Gasteiger partial charge in [0.2, 0.25) is 0 Å². The first-order valence-corrected chi connectivity index (χ1v) is 7.83. The van der Waals surface area contributed by atoms with Gasteiger partial charge in [0.1, 0.15) is 11.6 Å². The molecule has 3 nitrogen and oxygen atoms in total. The van der Waals surface area contributed by atoms with E-state index in [1.54, 1.807) is 6.08 Å². The molecule has 2 rings (SSSR count). The van der Waals surface area contributed by atoms with E-state index < -0.39 is 5.91 Å². The standard InChI is InChI=1S/C18H15IN2O/c1-12-7-13(2)9-16(8-12)21-18(22)15(11-20)10-14-5-3-4-6-17(14)19/h3-10H,1-2H3,(H,21,22)/b15-10+. The molecular formula is C18H15IN2O. The Hall–Kier alpha value is -2.13. The summed E-state index contributed by atoms with van der Waals surface area (Å²) < 4.78 is 0.993. The van der Waals surface area contributed by atoms with Gasteiger partial charge in [-0.25, -0.2) is 0 Å². The molecule has 0 saturated heterocycles. The van der Waals surface area contributed by atoms with E-state index in [-0.39, 0.29) is 5.57 Å². The molecule has 0 bridgehead atoms. The zero-order valence-electron chi connectivity index (χ0n) is 12.4. The fraction of sp³-hybridized carbons (Fsp3) is 0.111. The Morgan fingerprint density at radius 3 is 2.41 bits per heavy atom. The lowest BCUT2D eigenvalue weighted by atomic mass is 10.1. The highest BCUT2D eigenvalue weighted by Gasteiger charge is 2.10. The normalized spacial score (nSPS) is 10.9. The van der Waals surface area contributed by atoms with Crippen LogP contribution in [0.4, 0.5) is 5.69 Å². The van der Waals surface area contributed by atoms with Crippen molar-refractivity contribution in [2.45, 2.75) is 13.8 Å². The number of nitrogens with zero attached hydrogens (tertiary/aromatic N) is 1. The summed E-state index contributed by atoms with van der Waals surface area (Å²) >= 11 is 2.18. The molecular weight excluding hydrogens is 387 g/mol. The van der Waals surface area contributed by atoms with Gasteiger partial charge in [0.25, 0.3) is 5.91 Å². The fourth-order valence-corrected chi connectivity index (χ4v) is 2.68. The number of carbonyl (C=O) groups is 1. The third-order valence-electron chi connectivity index (χ3n) is 3.05. The van der Waals surface area contributed by atoms with E-state index in [1.807, 2.05) is 62.4 Å². The second-order valence-electron chi connectivity index (χ2n) is 5.02. The molecule has 0 radical (unpaired) electrons. The molecule has 1 N–H and O–H groups in total. The highest BCUT2D eigenvalue weighted by Crippen LogP contribution is 2.17. The second-order valence-corrected chi connectivity index (χ2v) is 6.18. The van der Waals surface area contributed by atoms with Gasteiger partial charge in [-0.1, -0.05) is 24.3 Å². The van der Waals surface area contributed by atoms with Crippen molar-refractivity contribution >= 4 is 40.3 Å². The molecule has 0 unspecified atom stereocenters. The maximum Gasteiger partial charge on any atom is 0.266 e. The monoisotopic (exact) mass is 402 g/mol. The highest BCUT2D eigenvalue weighted by molar-refractivity contribution is 14.1. The van der Waals surface area contributed by atoms with Crippen LogP contribution in [0.25, 0.3) is 6.08 Å². The van der Waals surface area contributed by atoms with Crippen LogP contribution in [0.3, 0.4) is 0 Å². The smallest absolute Gasteiger partial charge is 0.266 e. The van der Waals surface area contributed by atoms with E-state index in [2.05, 4.69) is 27.9 Å². The molecule has 22 heavy (non-hydrogen) atoms. The molecule has 0 aliphatic rings. The number of benzene rings is 2. The molecule has 110 valence electrons. The summed E-state index contributed by atoms with van der Waals surface area (Å²) in [5.74, 6) is -0.396. The third kappa shape index (κ3) is 4.18. The van der Waals surface area contributed by atoms with E-state index in [4.69, 9.17) is 0 Å². The van der Waals surface area contributed by atoms with Gasteiger partial charge >= 0.3 is 0 Å². The minimum absolute atomic E-state index is 0.0864. The summed E-state index contributed by atoms with van der Waals surface area (Å²) in [7, 11) is 0. The van der Waals surface area contributed by atoms with Crippen molar-refractivity contribution in [1.82, 2.24) is 0 Å². The number of nitrogens with one attached hydrogen (secondary N) is 1. The van der Waals surface area contributed by atoms with Gasteiger partial charge in [-0.3, -0.25) is 4.79 Å². The van der Waals surface area contributed by atoms with E-state index >= 15 is 0 Å². The summed E-state index contributed by atoms with van der Waals surface area (Å²) in [5.41, 5.74) is 3.77. The zero-order chi connectivity index (χ0) is 16.1. The Kier molecular flexibility index (Phi) is 5.34. The van der Waals surface area contributed by atoms with Gasteiger partial charge in [0.05, 0.1) is 0 Å². The minimum atomic E-state index is -0.396. The van der Waals surface area contributed by atoms with Gasteiger partial charge < -0.3 is 5.32 Å². The maximum atomic E-state index is 12.3. The van der Waals surface area contributed by atoms with Crippen molar-refractivity contribution in [1.29, 1.82) is 5.26 Å². The number of carbonyl (C=O) groups excluding carboxylic acids is 1. The second kappa shape index (κ2) is 7.23. The van der Waals surface area contributed by atoms with Gasteiger partial charge in [-0.05, 0) is 77.4 Å². The molecule has 0 fully saturated rings. The number of rotatable bonds is 3. The van der Waals surface area contributed by atoms with Crippen LogP contribution in [0, 0.1) is 28.7 Å². The van der Waals surface area contributed by atoms with Crippen LogP contribution in [-0.4, -0.2) is 5.91 Å². The van der Waals surface area contributed by atoms with Crippen LogP contribution >= 0.6 is 22.6 Å². The summed E-state index contributed by atoms with van der Waals surface area (Å²) in [6.45, 7) is 3.94. The molecule has 2 aromatic carbocycles. The van der Waals surface area contributed by atoms with Crippen LogP contribution in [0.5, 0.6) is 0 Å². The summed E-state index contributed by atoms with van der Waals surface area (Å²) in [5, 5.41) is 12.0. The van der Waals surface area contributed by atoms with Crippen LogP contribution in [0.15, 0.2) is 48.0 Å². The Bertz CT molecular complexity index is 768. The van der Waals surface area contributed by atoms with Crippen molar-refractivity contribution in [3.8, 4) is 6.07 Å². The van der Waals surface area contributed by atoms with Crippen molar-refractivity contribution in [3.63, 3.8) is 0 Å². The minimum Gasteiger partial charge on any atom is -0.321 e. The molecule has 4 heteroatoms. The number of halogens is 1. The third-order valence-corrected chi connectivity index (χ3v) is 4.03. The van der Waals surface area contributed by atoms with E-state index in [1.165, 1.54) is 0 Å². The van der Waals surface area contributed by atoms with E-state index in [0.29, 0.717) is 5.69 Å². The molecule has 0 saturated carbocycles. The quantitative estimate of drug-likeness (QED) is 0.469. The van der Waals surface area contributed by atoms with Gasteiger partial charge in [-0.15, -0.1) is 0 Å². The predicted molar refractivity (Wildman–Crippen MR) is 97.3 cm³/mol. The average Bonchev–Trinajstić information content (AvgIpc) is 2.45. The lowest BCUT2D eigenvalue weighted by molar-refractivity contribution is -0.112. The molecule has 2 aromatic rings. The zero-order valence-corrected chi connectivity index (χ0v) is 14.5. The largest absolute Gasteiger partial charge is 0.321 e. The van der Waals surface area contributed by atoms with Crippen molar-refractivity contribution in [2.75, 3.05) is 5.32 Å². The first kappa shape index (κ1) is 16.2. The lowest BCUT2D eigenvalue weighted by Gasteiger charge is -2.07. The lowest BCUT2D eigenvalue weighted by Crippen LogP contribution is -2.13. The molecule has 0 aromatic heterocycles. The fourth-order valence-electron chi connectivity index (χ4n) is 2.14. The van der Waals surface area contributed by atoms with Gasteiger partial charge in [-0.2, -0.15) is 5.26 Å². The number of aryl methyl sites for hydroxylation is 2. The number of nitriles is 1.